The Bertz CT molecular complexity index is 634. The number of piperazine rings is 1. The van der Waals surface area contributed by atoms with E-state index in [9.17, 15) is 13.2 Å². The number of hydrogen-bond donors (Lipinski definition) is 0. The molecule has 0 atom stereocenters. The van der Waals surface area contributed by atoms with Gasteiger partial charge in [-0.3, -0.25) is 4.79 Å². The van der Waals surface area contributed by atoms with Gasteiger partial charge in [0.05, 0.1) is 12.0 Å². The van der Waals surface area contributed by atoms with Crippen LogP contribution in [0.5, 0.6) is 5.75 Å². The molecule has 1 heterocycles. The minimum absolute atomic E-state index is 0.0210. The number of carbonyl (C=O) groups excluding carboxylic acids is 1. The Kier molecular flexibility index (Phi) is 4.53. The third-order valence-electron chi connectivity index (χ3n) is 3.69. The molecule has 0 bridgehead atoms. The van der Waals surface area contributed by atoms with Crippen molar-refractivity contribution in [3.05, 3.63) is 23.8 Å². The standard InChI is InChI=1S/C14H20N2O4S/c1-11-10-13(4-5-14(11)20-3)21(18,19)16-8-6-15(7-9-16)12(2)17/h4-5,10H,6-9H2,1-3H3. The third-order valence-corrected chi connectivity index (χ3v) is 5.58. The van der Waals surface area contributed by atoms with Crippen LogP contribution in [-0.4, -0.2) is 56.8 Å². The first kappa shape index (κ1) is 15.8. The Hall–Kier alpha value is -1.60. The predicted molar refractivity (Wildman–Crippen MR) is 78.7 cm³/mol. The molecule has 1 aromatic carbocycles. The molecule has 0 spiro atoms. The Morgan fingerprint density at radius 2 is 1.81 bits per heavy atom. The van der Waals surface area contributed by atoms with E-state index in [1.165, 1.54) is 11.2 Å². The maximum atomic E-state index is 12.6. The molecule has 2 rings (SSSR count). The second-order valence-corrected chi connectivity index (χ2v) is 6.98. The lowest BCUT2D eigenvalue weighted by atomic mass is 10.2. The van der Waals surface area contributed by atoms with Gasteiger partial charge >= 0.3 is 0 Å². The number of rotatable bonds is 3. The van der Waals surface area contributed by atoms with Gasteiger partial charge in [0.15, 0.2) is 0 Å². The molecule has 0 radical (unpaired) electrons. The minimum Gasteiger partial charge on any atom is -0.496 e. The molecule has 0 aliphatic carbocycles. The first-order valence-electron chi connectivity index (χ1n) is 6.76. The zero-order valence-corrected chi connectivity index (χ0v) is 13.3. The molecule has 1 aliphatic rings. The number of hydrogen-bond acceptors (Lipinski definition) is 4. The molecular weight excluding hydrogens is 292 g/mol. The second kappa shape index (κ2) is 6.03. The van der Waals surface area contributed by atoms with Gasteiger partial charge in [-0.2, -0.15) is 4.31 Å². The molecule has 7 heteroatoms. The summed E-state index contributed by atoms with van der Waals surface area (Å²) in [6, 6.07) is 4.83. The summed E-state index contributed by atoms with van der Waals surface area (Å²) < 4.78 is 31.8. The molecule has 0 saturated carbocycles. The summed E-state index contributed by atoms with van der Waals surface area (Å²) in [6.07, 6.45) is 0. The fourth-order valence-corrected chi connectivity index (χ4v) is 3.91. The summed E-state index contributed by atoms with van der Waals surface area (Å²) in [7, 11) is -1.97. The number of sulfonamides is 1. The molecule has 21 heavy (non-hydrogen) atoms. The van der Waals surface area contributed by atoms with Gasteiger partial charge in [0.2, 0.25) is 15.9 Å². The van der Waals surface area contributed by atoms with Crippen LogP contribution in [0.2, 0.25) is 0 Å². The summed E-state index contributed by atoms with van der Waals surface area (Å²) in [5.74, 6) is 0.641. The third kappa shape index (κ3) is 3.19. The lowest BCUT2D eigenvalue weighted by Gasteiger charge is -2.33. The van der Waals surface area contributed by atoms with Crippen LogP contribution in [0.25, 0.3) is 0 Å². The Morgan fingerprint density at radius 3 is 2.29 bits per heavy atom. The quantitative estimate of drug-likeness (QED) is 0.830. The van der Waals surface area contributed by atoms with E-state index < -0.39 is 10.0 Å². The number of nitrogens with zero attached hydrogens (tertiary/aromatic N) is 2. The predicted octanol–water partition coefficient (Wildman–Crippen LogP) is 0.856. The van der Waals surface area contributed by atoms with E-state index in [4.69, 9.17) is 4.74 Å². The molecule has 0 unspecified atom stereocenters. The monoisotopic (exact) mass is 312 g/mol. The van der Waals surface area contributed by atoms with Crippen molar-refractivity contribution in [3.63, 3.8) is 0 Å². The highest BCUT2D eigenvalue weighted by atomic mass is 32.2. The number of carbonyl (C=O) groups is 1. The van der Waals surface area contributed by atoms with Crippen LogP contribution >= 0.6 is 0 Å². The zero-order chi connectivity index (χ0) is 15.6. The van der Waals surface area contributed by atoms with E-state index in [0.29, 0.717) is 31.9 Å². The van der Waals surface area contributed by atoms with E-state index in [0.717, 1.165) is 5.56 Å². The first-order valence-corrected chi connectivity index (χ1v) is 8.20. The van der Waals surface area contributed by atoms with Gasteiger partial charge in [-0.05, 0) is 30.7 Å². The molecule has 6 nitrogen and oxygen atoms in total. The molecule has 116 valence electrons. The largest absolute Gasteiger partial charge is 0.496 e. The number of amides is 1. The van der Waals surface area contributed by atoms with Crippen molar-refractivity contribution in [2.75, 3.05) is 33.3 Å². The van der Waals surface area contributed by atoms with E-state index in [1.54, 1.807) is 30.2 Å². The molecule has 1 aromatic rings. The van der Waals surface area contributed by atoms with Crippen LogP contribution in [0, 0.1) is 6.92 Å². The average Bonchev–Trinajstić information content (AvgIpc) is 2.47. The molecule has 1 amide bonds. The van der Waals surface area contributed by atoms with Crippen molar-refractivity contribution in [3.8, 4) is 5.75 Å². The van der Waals surface area contributed by atoms with Gasteiger partial charge in [-0.15, -0.1) is 0 Å². The van der Waals surface area contributed by atoms with Gasteiger partial charge in [0, 0.05) is 33.1 Å². The number of benzene rings is 1. The second-order valence-electron chi connectivity index (χ2n) is 5.04. The van der Waals surface area contributed by atoms with E-state index in [-0.39, 0.29) is 10.8 Å². The maximum absolute atomic E-state index is 12.6. The van der Waals surface area contributed by atoms with Crippen LogP contribution in [-0.2, 0) is 14.8 Å². The van der Waals surface area contributed by atoms with E-state index >= 15 is 0 Å². The highest BCUT2D eigenvalue weighted by Gasteiger charge is 2.29. The fourth-order valence-electron chi connectivity index (χ4n) is 2.40. The van der Waals surface area contributed by atoms with Crippen molar-refractivity contribution >= 4 is 15.9 Å². The Morgan fingerprint density at radius 1 is 1.19 bits per heavy atom. The van der Waals surface area contributed by atoms with Gasteiger partial charge in [-0.1, -0.05) is 0 Å². The van der Waals surface area contributed by atoms with Crippen molar-refractivity contribution < 1.29 is 17.9 Å². The van der Waals surface area contributed by atoms with Crippen molar-refractivity contribution in [2.45, 2.75) is 18.7 Å². The summed E-state index contributed by atoms with van der Waals surface area (Å²) >= 11 is 0. The zero-order valence-electron chi connectivity index (χ0n) is 12.5. The number of aryl methyl sites for hydroxylation is 1. The molecular formula is C14H20N2O4S. The lowest BCUT2D eigenvalue weighted by molar-refractivity contribution is -0.129. The SMILES string of the molecule is COc1ccc(S(=O)(=O)N2CCN(C(C)=O)CC2)cc1C. The maximum Gasteiger partial charge on any atom is 0.243 e. The topological polar surface area (TPSA) is 66.9 Å². The highest BCUT2D eigenvalue weighted by molar-refractivity contribution is 7.89. The van der Waals surface area contributed by atoms with Crippen molar-refractivity contribution in [1.82, 2.24) is 9.21 Å². The van der Waals surface area contributed by atoms with Gasteiger partial charge in [0.25, 0.3) is 0 Å². The first-order chi connectivity index (χ1) is 9.86. The van der Waals surface area contributed by atoms with Crippen LogP contribution in [0.15, 0.2) is 23.1 Å². The molecule has 1 fully saturated rings. The van der Waals surface area contributed by atoms with Gasteiger partial charge in [0.1, 0.15) is 5.75 Å². The highest BCUT2D eigenvalue weighted by Crippen LogP contribution is 2.24. The van der Waals surface area contributed by atoms with Crippen molar-refractivity contribution in [1.29, 1.82) is 0 Å². The average molecular weight is 312 g/mol. The number of methoxy groups -OCH3 is 1. The summed E-state index contributed by atoms with van der Waals surface area (Å²) in [5.41, 5.74) is 0.779. The summed E-state index contributed by atoms with van der Waals surface area (Å²) in [4.78, 5) is 13.2. The van der Waals surface area contributed by atoms with Crippen LogP contribution in [0.3, 0.4) is 0 Å². The Balaban J connectivity index is 2.19. The van der Waals surface area contributed by atoms with E-state index in [2.05, 4.69) is 0 Å². The van der Waals surface area contributed by atoms with Crippen LogP contribution in [0.4, 0.5) is 0 Å². The summed E-state index contributed by atoms with van der Waals surface area (Å²) in [5, 5.41) is 0. The lowest BCUT2D eigenvalue weighted by Crippen LogP contribution is -2.49. The van der Waals surface area contributed by atoms with Crippen LogP contribution < -0.4 is 4.74 Å². The van der Waals surface area contributed by atoms with Gasteiger partial charge in [-0.25, -0.2) is 8.42 Å². The molecule has 1 saturated heterocycles. The van der Waals surface area contributed by atoms with Gasteiger partial charge < -0.3 is 9.64 Å². The smallest absolute Gasteiger partial charge is 0.243 e. The molecule has 0 aromatic heterocycles. The fraction of sp³-hybridized carbons (Fsp3) is 0.500. The van der Waals surface area contributed by atoms with Crippen molar-refractivity contribution in [2.24, 2.45) is 0 Å². The Labute approximate surface area is 125 Å². The minimum atomic E-state index is -3.52. The molecule has 1 aliphatic heterocycles. The molecule has 0 N–H and O–H groups in total. The number of ether oxygens (including phenoxy) is 1. The van der Waals surface area contributed by atoms with E-state index in [1.807, 2.05) is 6.92 Å². The normalized spacial score (nSPS) is 16.8. The summed E-state index contributed by atoms with van der Waals surface area (Å²) in [6.45, 7) is 4.83. The van der Waals surface area contributed by atoms with Crippen LogP contribution in [0.1, 0.15) is 12.5 Å².